The number of hydrogen-bond donors (Lipinski definition) is 1. The summed E-state index contributed by atoms with van der Waals surface area (Å²) < 4.78 is 30.1. The molecule has 1 amide bonds. The van der Waals surface area contributed by atoms with Crippen molar-refractivity contribution in [2.75, 3.05) is 29.5 Å². The first-order chi connectivity index (χ1) is 12.7. The van der Waals surface area contributed by atoms with Gasteiger partial charge >= 0.3 is 5.97 Å². The maximum atomic E-state index is 12.2. The molecule has 0 atom stereocenters. The second kappa shape index (κ2) is 8.68. The molecule has 0 aliphatic carbocycles. The lowest BCUT2D eigenvalue weighted by molar-refractivity contribution is -0.116. The SMILES string of the molecule is COC(=O)c1cccc(N(CCC(=O)Nc2ccccc2C)S(C)(=O)=O)c1. The van der Waals surface area contributed by atoms with Crippen LogP contribution in [0.15, 0.2) is 48.5 Å². The number of aryl methyl sites for hydroxylation is 1. The number of amides is 1. The van der Waals surface area contributed by atoms with Crippen molar-refractivity contribution in [1.82, 2.24) is 0 Å². The minimum absolute atomic E-state index is 0.0378. The molecule has 0 aliphatic heterocycles. The van der Waals surface area contributed by atoms with Gasteiger partial charge in [-0.1, -0.05) is 24.3 Å². The van der Waals surface area contributed by atoms with Crippen LogP contribution in [-0.2, 0) is 19.6 Å². The average Bonchev–Trinajstić information content (AvgIpc) is 2.62. The maximum Gasteiger partial charge on any atom is 0.337 e. The van der Waals surface area contributed by atoms with Gasteiger partial charge in [0, 0.05) is 18.7 Å². The summed E-state index contributed by atoms with van der Waals surface area (Å²) in [6.45, 7) is 1.82. The Kier molecular flexibility index (Phi) is 6.57. The van der Waals surface area contributed by atoms with Crippen LogP contribution in [0.1, 0.15) is 22.3 Å². The van der Waals surface area contributed by atoms with Gasteiger partial charge in [-0.25, -0.2) is 13.2 Å². The van der Waals surface area contributed by atoms with Gasteiger partial charge in [0.05, 0.1) is 24.6 Å². The fourth-order valence-electron chi connectivity index (χ4n) is 2.52. The summed E-state index contributed by atoms with van der Waals surface area (Å²) in [6.07, 6.45) is 1.01. The fourth-order valence-corrected chi connectivity index (χ4v) is 3.44. The third kappa shape index (κ3) is 5.55. The first-order valence-electron chi connectivity index (χ1n) is 8.24. The molecule has 0 spiro atoms. The molecular weight excluding hydrogens is 368 g/mol. The van der Waals surface area contributed by atoms with Gasteiger partial charge in [0.15, 0.2) is 0 Å². The Morgan fingerprint density at radius 2 is 1.81 bits per heavy atom. The summed E-state index contributed by atoms with van der Waals surface area (Å²) in [5.41, 5.74) is 2.12. The van der Waals surface area contributed by atoms with Gasteiger partial charge < -0.3 is 10.1 Å². The summed E-state index contributed by atoms with van der Waals surface area (Å²) in [7, 11) is -2.39. The monoisotopic (exact) mass is 390 g/mol. The summed E-state index contributed by atoms with van der Waals surface area (Å²) in [5.74, 6) is -0.871. The van der Waals surface area contributed by atoms with Gasteiger partial charge in [-0.15, -0.1) is 0 Å². The molecule has 0 aliphatic rings. The van der Waals surface area contributed by atoms with Crippen molar-refractivity contribution in [2.24, 2.45) is 0 Å². The summed E-state index contributed by atoms with van der Waals surface area (Å²) in [5, 5.41) is 2.77. The summed E-state index contributed by atoms with van der Waals surface area (Å²) in [6, 6.07) is 13.4. The van der Waals surface area contributed by atoms with Crippen LogP contribution in [0.3, 0.4) is 0 Å². The number of para-hydroxylation sites is 1. The van der Waals surface area contributed by atoms with Crippen LogP contribution < -0.4 is 9.62 Å². The molecule has 0 unspecified atom stereocenters. The number of rotatable bonds is 7. The molecule has 0 aromatic heterocycles. The third-order valence-corrected chi connectivity index (χ3v) is 5.11. The highest BCUT2D eigenvalue weighted by molar-refractivity contribution is 7.92. The van der Waals surface area contributed by atoms with Gasteiger partial charge in [-0.3, -0.25) is 9.10 Å². The van der Waals surface area contributed by atoms with Crippen LogP contribution >= 0.6 is 0 Å². The average molecular weight is 390 g/mol. The molecule has 8 heteroatoms. The standard InChI is InChI=1S/C19H22N2O5S/c1-14-7-4-5-10-17(14)20-18(22)11-12-21(27(3,24)25)16-9-6-8-15(13-16)19(23)26-2/h4-10,13H,11-12H2,1-3H3,(H,20,22). The number of sulfonamides is 1. The van der Waals surface area contributed by atoms with E-state index in [9.17, 15) is 18.0 Å². The lowest BCUT2D eigenvalue weighted by Crippen LogP contribution is -2.33. The van der Waals surface area contributed by atoms with E-state index in [-0.39, 0.29) is 24.4 Å². The second-order valence-corrected chi connectivity index (χ2v) is 7.90. The van der Waals surface area contributed by atoms with Crippen molar-refractivity contribution in [2.45, 2.75) is 13.3 Å². The Labute approximate surface area is 159 Å². The number of hydrogen-bond acceptors (Lipinski definition) is 5. The Morgan fingerprint density at radius 3 is 2.44 bits per heavy atom. The van der Waals surface area contributed by atoms with Crippen LogP contribution in [0.5, 0.6) is 0 Å². The van der Waals surface area contributed by atoms with E-state index in [1.807, 2.05) is 25.1 Å². The molecule has 27 heavy (non-hydrogen) atoms. The predicted octanol–water partition coefficient (Wildman–Crippen LogP) is 2.58. The van der Waals surface area contributed by atoms with Gasteiger partial charge in [0.2, 0.25) is 15.9 Å². The Balaban J connectivity index is 2.15. The Hall–Kier alpha value is -2.87. The maximum absolute atomic E-state index is 12.2. The molecule has 0 radical (unpaired) electrons. The molecule has 144 valence electrons. The van der Waals surface area contributed by atoms with Crippen molar-refractivity contribution in [1.29, 1.82) is 0 Å². The number of benzene rings is 2. The van der Waals surface area contributed by atoms with Crippen molar-refractivity contribution >= 4 is 33.3 Å². The number of anilines is 2. The van der Waals surface area contributed by atoms with Gasteiger partial charge in [-0.05, 0) is 36.8 Å². The molecule has 1 N–H and O–H groups in total. The highest BCUT2D eigenvalue weighted by atomic mass is 32.2. The van der Waals surface area contributed by atoms with Crippen LogP contribution in [0.4, 0.5) is 11.4 Å². The van der Waals surface area contributed by atoms with E-state index in [1.165, 1.54) is 19.2 Å². The van der Waals surface area contributed by atoms with Crippen molar-refractivity contribution in [3.05, 3.63) is 59.7 Å². The number of carbonyl (C=O) groups is 2. The number of nitrogens with zero attached hydrogens (tertiary/aromatic N) is 1. The van der Waals surface area contributed by atoms with E-state index in [2.05, 4.69) is 10.1 Å². The number of esters is 1. The summed E-state index contributed by atoms with van der Waals surface area (Å²) in [4.78, 5) is 23.9. The molecule has 0 saturated heterocycles. The molecule has 0 saturated carbocycles. The van der Waals surface area contributed by atoms with Crippen molar-refractivity contribution < 1.29 is 22.7 Å². The minimum atomic E-state index is -3.64. The zero-order chi connectivity index (χ0) is 20.0. The zero-order valence-electron chi connectivity index (χ0n) is 15.4. The lowest BCUT2D eigenvalue weighted by atomic mass is 10.2. The van der Waals surface area contributed by atoms with E-state index in [1.54, 1.807) is 18.2 Å². The fraction of sp³-hybridized carbons (Fsp3) is 0.263. The molecule has 0 bridgehead atoms. The quantitative estimate of drug-likeness (QED) is 0.734. The third-order valence-electron chi connectivity index (χ3n) is 3.92. The lowest BCUT2D eigenvalue weighted by Gasteiger charge is -2.22. The van der Waals surface area contributed by atoms with Gasteiger partial charge in [0.25, 0.3) is 0 Å². The van der Waals surface area contributed by atoms with E-state index in [0.29, 0.717) is 11.4 Å². The largest absolute Gasteiger partial charge is 0.465 e. The molecular formula is C19H22N2O5S. The van der Waals surface area contributed by atoms with E-state index in [4.69, 9.17) is 0 Å². The first kappa shape index (κ1) is 20.4. The molecule has 2 aromatic rings. The second-order valence-electron chi connectivity index (χ2n) is 5.99. The van der Waals surface area contributed by atoms with E-state index >= 15 is 0 Å². The topological polar surface area (TPSA) is 92.8 Å². The van der Waals surface area contributed by atoms with Crippen LogP contribution in [0.25, 0.3) is 0 Å². The normalized spacial score (nSPS) is 10.9. The number of carbonyl (C=O) groups excluding carboxylic acids is 2. The first-order valence-corrected chi connectivity index (χ1v) is 10.1. The van der Waals surface area contributed by atoms with Crippen molar-refractivity contribution in [3.8, 4) is 0 Å². The van der Waals surface area contributed by atoms with Gasteiger partial charge in [0.1, 0.15) is 0 Å². The number of methoxy groups -OCH3 is 1. The predicted molar refractivity (Wildman–Crippen MR) is 104 cm³/mol. The number of nitrogens with one attached hydrogen (secondary N) is 1. The van der Waals surface area contributed by atoms with Crippen LogP contribution in [-0.4, -0.2) is 40.2 Å². The number of ether oxygens (including phenoxy) is 1. The van der Waals surface area contributed by atoms with E-state index in [0.717, 1.165) is 16.1 Å². The molecule has 2 rings (SSSR count). The van der Waals surface area contributed by atoms with Gasteiger partial charge in [-0.2, -0.15) is 0 Å². The Bertz CT molecular complexity index is 941. The van der Waals surface area contributed by atoms with E-state index < -0.39 is 16.0 Å². The highest BCUT2D eigenvalue weighted by Gasteiger charge is 2.20. The Morgan fingerprint density at radius 1 is 1.11 bits per heavy atom. The molecule has 0 fully saturated rings. The smallest absolute Gasteiger partial charge is 0.337 e. The summed E-state index contributed by atoms with van der Waals surface area (Å²) >= 11 is 0. The molecule has 2 aromatic carbocycles. The molecule has 7 nitrogen and oxygen atoms in total. The molecule has 0 heterocycles. The van der Waals surface area contributed by atoms with Crippen molar-refractivity contribution in [3.63, 3.8) is 0 Å². The van der Waals surface area contributed by atoms with Crippen LogP contribution in [0.2, 0.25) is 0 Å². The highest BCUT2D eigenvalue weighted by Crippen LogP contribution is 2.20. The zero-order valence-corrected chi connectivity index (χ0v) is 16.2. The minimum Gasteiger partial charge on any atom is -0.465 e. The van der Waals surface area contributed by atoms with Crippen LogP contribution in [0, 0.1) is 6.92 Å².